The van der Waals surface area contributed by atoms with Gasteiger partial charge in [-0.2, -0.15) is 0 Å². The maximum Gasteiger partial charge on any atom is 0.219 e. The van der Waals surface area contributed by atoms with Crippen LogP contribution < -0.4 is 4.74 Å². The van der Waals surface area contributed by atoms with Crippen LogP contribution in [-0.2, 0) is 0 Å². The Balaban J connectivity index is 1.33. The van der Waals surface area contributed by atoms with E-state index < -0.39 is 0 Å². The number of ether oxygens (including phenoxy) is 1. The lowest BCUT2D eigenvalue weighted by Gasteiger charge is -2.13. The number of pyridine rings is 2. The third-order valence-corrected chi connectivity index (χ3v) is 7.48. The van der Waals surface area contributed by atoms with E-state index in [0.29, 0.717) is 17.1 Å². The largest absolute Gasteiger partial charge is 0.506 e. The summed E-state index contributed by atoms with van der Waals surface area (Å²) in [5.41, 5.74) is 8.69. The Labute approximate surface area is 232 Å². The molecule has 0 amide bonds. The van der Waals surface area contributed by atoms with Gasteiger partial charge in [0.15, 0.2) is 0 Å². The van der Waals surface area contributed by atoms with Gasteiger partial charge in [0.2, 0.25) is 5.88 Å². The highest BCUT2D eigenvalue weighted by molar-refractivity contribution is 6.09. The molecule has 194 valence electrons. The number of aromatic hydroxyl groups is 1. The minimum Gasteiger partial charge on any atom is -0.506 e. The molecule has 7 rings (SSSR count). The first kappa shape index (κ1) is 23.9. The molecule has 0 spiro atoms. The van der Waals surface area contributed by atoms with Gasteiger partial charge in [0, 0.05) is 40.1 Å². The quantitative estimate of drug-likeness (QED) is 0.251. The van der Waals surface area contributed by atoms with Crippen molar-refractivity contribution >= 4 is 32.7 Å². The summed E-state index contributed by atoms with van der Waals surface area (Å²) in [4.78, 5) is 9.48. The Morgan fingerprint density at radius 1 is 0.725 bits per heavy atom. The summed E-state index contributed by atoms with van der Waals surface area (Å²) < 4.78 is 8.37. The van der Waals surface area contributed by atoms with Crippen LogP contribution in [0.5, 0.6) is 17.4 Å². The number of rotatable bonds is 4. The van der Waals surface area contributed by atoms with E-state index in [1.807, 2.05) is 42.6 Å². The zero-order valence-electron chi connectivity index (χ0n) is 22.5. The Bertz CT molecular complexity index is 2050. The third kappa shape index (κ3) is 3.95. The summed E-state index contributed by atoms with van der Waals surface area (Å²) in [5.74, 6) is 2.04. The van der Waals surface area contributed by atoms with Crippen LogP contribution in [0.25, 0.3) is 49.7 Å². The molecule has 0 fully saturated rings. The van der Waals surface area contributed by atoms with Crippen molar-refractivity contribution in [3.8, 4) is 34.3 Å². The first-order valence-electron chi connectivity index (χ1n) is 13.3. The molecule has 0 atom stereocenters. The molecule has 0 saturated carbocycles. The molecule has 7 aromatic rings. The zero-order chi connectivity index (χ0) is 27.4. The van der Waals surface area contributed by atoms with E-state index in [2.05, 4.69) is 78.9 Å². The van der Waals surface area contributed by atoms with Gasteiger partial charge in [-0.15, -0.1) is 0 Å². The van der Waals surface area contributed by atoms with Gasteiger partial charge >= 0.3 is 0 Å². The summed E-state index contributed by atoms with van der Waals surface area (Å²) in [6, 6.07) is 32.1. The Morgan fingerprint density at radius 3 is 2.33 bits per heavy atom. The second-order valence-corrected chi connectivity index (χ2v) is 10.3. The highest BCUT2D eigenvalue weighted by Gasteiger charge is 2.15. The van der Waals surface area contributed by atoms with Crippen LogP contribution in [0.3, 0.4) is 0 Å². The van der Waals surface area contributed by atoms with Crippen LogP contribution in [0.2, 0.25) is 0 Å². The van der Waals surface area contributed by atoms with E-state index in [9.17, 15) is 5.11 Å². The number of benzene rings is 4. The molecule has 0 aliphatic heterocycles. The topological polar surface area (TPSA) is 60.2 Å². The lowest BCUT2D eigenvalue weighted by molar-refractivity contribution is 0.460. The first-order valence-corrected chi connectivity index (χ1v) is 13.3. The molecule has 0 bridgehead atoms. The number of hydrogen-bond donors (Lipinski definition) is 1. The molecular weight excluding hydrogens is 494 g/mol. The highest BCUT2D eigenvalue weighted by atomic mass is 16.5. The van der Waals surface area contributed by atoms with E-state index in [1.54, 1.807) is 12.1 Å². The number of para-hydroxylation sites is 2. The van der Waals surface area contributed by atoms with Gasteiger partial charge in [-0.1, -0.05) is 48.0 Å². The summed E-state index contributed by atoms with van der Waals surface area (Å²) in [6.45, 7) is 6.44. The van der Waals surface area contributed by atoms with E-state index in [1.165, 1.54) is 22.3 Å². The number of phenols is 1. The number of aromatic nitrogens is 3. The van der Waals surface area contributed by atoms with E-state index in [0.717, 1.165) is 38.6 Å². The molecule has 0 unspecified atom stereocenters. The van der Waals surface area contributed by atoms with Crippen molar-refractivity contribution in [1.29, 1.82) is 0 Å². The number of fused-ring (bicyclic) bond motifs is 4. The van der Waals surface area contributed by atoms with Gasteiger partial charge in [-0.25, -0.2) is 9.97 Å². The molecule has 0 saturated heterocycles. The molecule has 0 aliphatic rings. The SMILES string of the molecule is Cc1cc(C)c(-c2ccc(-n3c4ccccc4c4ccc(Oc5ccc6cccc(O)c6n5)cc43)nc2)c(C)c1. The third-order valence-electron chi connectivity index (χ3n) is 7.48. The van der Waals surface area contributed by atoms with Gasteiger partial charge < -0.3 is 9.84 Å². The van der Waals surface area contributed by atoms with Crippen molar-refractivity contribution in [1.82, 2.24) is 14.5 Å². The highest BCUT2D eigenvalue weighted by Crippen LogP contribution is 2.36. The standard InChI is InChI=1S/C35H27N3O2/c1-21-17-22(2)34(23(3)18-21)25-11-15-32(36-20-25)38-29-9-5-4-8-27(29)28-14-13-26(19-30(28)38)40-33-16-12-24-7-6-10-31(39)35(24)37-33/h4-20,39H,1-3H3. The second kappa shape index (κ2) is 9.24. The Kier molecular flexibility index (Phi) is 5.53. The fraction of sp³-hybridized carbons (Fsp3) is 0.0857. The smallest absolute Gasteiger partial charge is 0.219 e. The summed E-state index contributed by atoms with van der Waals surface area (Å²) >= 11 is 0. The van der Waals surface area contributed by atoms with Crippen LogP contribution in [-0.4, -0.2) is 19.6 Å². The average Bonchev–Trinajstić information content (AvgIpc) is 3.27. The van der Waals surface area contributed by atoms with E-state index >= 15 is 0 Å². The number of phenolic OH excluding ortho intramolecular Hbond substituents is 1. The van der Waals surface area contributed by atoms with Crippen molar-refractivity contribution in [2.24, 2.45) is 0 Å². The van der Waals surface area contributed by atoms with Gasteiger partial charge in [0.1, 0.15) is 22.8 Å². The number of aryl methyl sites for hydroxylation is 3. The molecule has 0 radical (unpaired) electrons. The molecule has 4 aromatic carbocycles. The van der Waals surface area contributed by atoms with Crippen LogP contribution in [0.1, 0.15) is 16.7 Å². The monoisotopic (exact) mass is 521 g/mol. The maximum atomic E-state index is 10.3. The Hall–Kier alpha value is -5.16. The molecule has 5 nitrogen and oxygen atoms in total. The van der Waals surface area contributed by atoms with Gasteiger partial charge in [0.25, 0.3) is 0 Å². The molecule has 0 aliphatic carbocycles. The molecule has 5 heteroatoms. The summed E-state index contributed by atoms with van der Waals surface area (Å²) in [5, 5.41) is 13.4. The molecule has 3 heterocycles. The minimum absolute atomic E-state index is 0.129. The minimum atomic E-state index is 0.129. The predicted molar refractivity (Wildman–Crippen MR) is 162 cm³/mol. The molecule has 40 heavy (non-hydrogen) atoms. The molecular formula is C35H27N3O2. The van der Waals surface area contributed by atoms with E-state index in [-0.39, 0.29) is 5.75 Å². The second-order valence-electron chi connectivity index (χ2n) is 10.3. The fourth-order valence-corrected chi connectivity index (χ4v) is 5.85. The van der Waals surface area contributed by atoms with Crippen LogP contribution in [0.4, 0.5) is 0 Å². The van der Waals surface area contributed by atoms with Crippen LogP contribution in [0, 0.1) is 20.8 Å². The molecule has 1 N–H and O–H groups in total. The van der Waals surface area contributed by atoms with Crippen molar-refractivity contribution in [3.05, 3.63) is 120 Å². The van der Waals surface area contributed by atoms with Crippen molar-refractivity contribution in [3.63, 3.8) is 0 Å². The van der Waals surface area contributed by atoms with E-state index in [4.69, 9.17) is 9.72 Å². The van der Waals surface area contributed by atoms with Gasteiger partial charge in [-0.05, 0) is 79.9 Å². The van der Waals surface area contributed by atoms with Crippen LogP contribution >= 0.6 is 0 Å². The normalized spacial score (nSPS) is 11.5. The van der Waals surface area contributed by atoms with Gasteiger partial charge in [-0.3, -0.25) is 4.57 Å². The zero-order valence-corrected chi connectivity index (χ0v) is 22.5. The van der Waals surface area contributed by atoms with Crippen molar-refractivity contribution < 1.29 is 9.84 Å². The van der Waals surface area contributed by atoms with Crippen LogP contribution in [0.15, 0.2) is 103 Å². The number of nitrogens with zero attached hydrogens (tertiary/aromatic N) is 3. The van der Waals surface area contributed by atoms with Crippen molar-refractivity contribution in [2.75, 3.05) is 0 Å². The Morgan fingerprint density at radius 2 is 1.52 bits per heavy atom. The van der Waals surface area contributed by atoms with Crippen molar-refractivity contribution in [2.45, 2.75) is 20.8 Å². The van der Waals surface area contributed by atoms with Gasteiger partial charge in [0.05, 0.1) is 11.0 Å². The fourth-order valence-electron chi connectivity index (χ4n) is 5.85. The molecule has 3 aromatic heterocycles. The lowest BCUT2D eigenvalue weighted by atomic mass is 9.95. The lowest BCUT2D eigenvalue weighted by Crippen LogP contribution is -1.98. The number of hydrogen-bond acceptors (Lipinski definition) is 4. The first-order chi connectivity index (χ1) is 19.5. The summed E-state index contributed by atoms with van der Waals surface area (Å²) in [6.07, 6.45) is 1.96. The average molecular weight is 522 g/mol. The summed E-state index contributed by atoms with van der Waals surface area (Å²) in [7, 11) is 0. The predicted octanol–water partition coefficient (Wildman–Crippen LogP) is 8.82. The maximum absolute atomic E-state index is 10.3.